The van der Waals surface area contributed by atoms with Crippen LogP contribution in [0.3, 0.4) is 0 Å². The SMILES string of the molecule is CCNC(=O)C(=O)NC[C@H](c1ccco1)N1CCN(c2ccccc2)CC1. The Bertz CT molecular complexity index is 725. The topological polar surface area (TPSA) is 77.8 Å². The van der Waals surface area contributed by atoms with Crippen LogP contribution in [-0.4, -0.2) is 56.0 Å². The summed E-state index contributed by atoms with van der Waals surface area (Å²) in [6, 6.07) is 14.0. The molecular weight excluding hydrogens is 344 g/mol. The fraction of sp³-hybridized carbons (Fsp3) is 0.400. The van der Waals surface area contributed by atoms with E-state index in [0.717, 1.165) is 31.9 Å². The highest BCUT2D eigenvalue weighted by atomic mass is 16.3. The number of hydrogen-bond donors (Lipinski definition) is 2. The zero-order valence-corrected chi connectivity index (χ0v) is 15.6. The number of rotatable bonds is 6. The Labute approximate surface area is 159 Å². The number of furan rings is 1. The lowest BCUT2D eigenvalue weighted by atomic mass is 10.1. The Hall–Kier alpha value is -2.80. The van der Waals surface area contributed by atoms with Crippen LogP contribution in [0.5, 0.6) is 0 Å². The van der Waals surface area contributed by atoms with Crippen molar-refractivity contribution in [1.29, 1.82) is 0 Å². The first-order valence-corrected chi connectivity index (χ1v) is 9.32. The van der Waals surface area contributed by atoms with Crippen LogP contribution in [0.25, 0.3) is 0 Å². The zero-order valence-electron chi connectivity index (χ0n) is 15.6. The first kappa shape index (κ1) is 19.0. The molecule has 0 saturated carbocycles. The Morgan fingerprint density at radius 3 is 2.33 bits per heavy atom. The highest BCUT2D eigenvalue weighted by Crippen LogP contribution is 2.24. The maximum atomic E-state index is 11.9. The Morgan fingerprint density at radius 1 is 1.00 bits per heavy atom. The number of carbonyl (C=O) groups is 2. The molecule has 1 aromatic carbocycles. The van der Waals surface area contributed by atoms with E-state index in [9.17, 15) is 9.59 Å². The van der Waals surface area contributed by atoms with Crippen molar-refractivity contribution in [2.24, 2.45) is 0 Å². The molecule has 0 bridgehead atoms. The first-order valence-electron chi connectivity index (χ1n) is 9.32. The van der Waals surface area contributed by atoms with Gasteiger partial charge in [0.2, 0.25) is 0 Å². The van der Waals surface area contributed by atoms with Crippen molar-refractivity contribution < 1.29 is 14.0 Å². The van der Waals surface area contributed by atoms with Gasteiger partial charge in [-0.15, -0.1) is 0 Å². The van der Waals surface area contributed by atoms with Crippen molar-refractivity contribution in [3.63, 3.8) is 0 Å². The molecule has 2 amide bonds. The molecule has 1 atom stereocenters. The molecule has 1 aliphatic heterocycles. The maximum absolute atomic E-state index is 11.9. The summed E-state index contributed by atoms with van der Waals surface area (Å²) in [6.07, 6.45) is 1.63. The second-order valence-corrected chi connectivity index (χ2v) is 6.46. The van der Waals surface area contributed by atoms with Crippen molar-refractivity contribution in [3.8, 4) is 0 Å². The van der Waals surface area contributed by atoms with Gasteiger partial charge < -0.3 is 20.0 Å². The van der Waals surface area contributed by atoms with E-state index in [-0.39, 0.29) is 6.04 Å². The van der Waals surface area contributed by atoms with Crippen LogP contribution in [0.2, 0.25) is 0 Å². The molecule has 1 aliphatic rings. The summed E-state index contributed by atoms with van der Waals surface area (Å²) < 4.78 is 5.59. The van der Waals surface area contributed by atoms with Crippen molar-refractivity contribution in [2.45, 2.75) is 13.0 Å². The molecule has 0 radical (unpaired) electrons. The summed E-state index contributed by atoms with van der Waals surface area (Å²) >= 11 is 0. The lowest BCUT2D eigenvalue weighted by Crippen LogP contribution is -2.50. The fourth-order valence-electron chi connectivity index (χ4n) is 3.33. The van der Waals surface area contributed by atoms with Gasteiger partial charge in [-0.1, -0.05) is 18.2 Å². The molecule has 27 heavy (non-hydrogen) atoms. The summed E-state index contributed by atoms with van der Waals surface area (Å²) in [6.45, 7) is 6.01. The molecule has 2 heterocycles. The van der Waals surface area contributed by atoms with Crippen molar-refractivity contribution in [3.05, 3.63) is 54.5 Å². The predicted octanol–water partition coefficient (Wildman–Crippen LogP) is 1.40. The molecule has 0 spiro atoms. The number of nitrogens with zero attached hydrogens (tertiary/aromatic N) is 2. The summed E-state index contributed by atoms with van der Waals surface area (Å²) in [5, 5.41) is 5.24. The zero-order chi connectivity index (χ0) is 19.1. The summed E-state index contributed by atoms with van der Waals surface area (Å²) in [4.78, 5) is 28.2. The van der Waals surface area contributed by atoms with Gasteiger partial charge >= 0.3 is 11.8 Å². The minimum absolute atomic E-state index is 0.101. The van der Waals surface area contributed by atoms with Gasteiger partial charge in [-0.25, -0.2) is 0 Å². The van der Waals surface area contributed by atoms with Crippen molar-refractivity contribution in [1.82, 2.24) is 15.5 Å². The molecule has 144 valence electrons. The number of likely N-dealkylation sites (N-methyl/N-ethyl adjacent to an activating group) is 1. The molecule has 3 rings (SSSR count). The largest absolute Gasteiger partial charge is 0.468 e. The number of benzene rings is 1. The Kier molecular flexibility index (Phi) is 6.49. The third-order valence-electron chi connectivity index (χ3n) is 4.75. The number of hydrogen-bond acceptors (Lipinski definition) is 5. The number of piperazine rings is 1. The molecule has 2 N–H and O–H groups in total. The van der Waals surface area contributed by atoms with Crippen LogP contribution in [0.15, 0.2) is 53.1 Å². The smallest absolute Gasteiger partial charge is 0.309 e. The van der Waals surface area contributed by atoms with Gasteiger partial charge in [0.25, 0.3) is 0 Å². The quantitative estimate of drug-likeness (QED) is 0.752. The molecule has 7 nitrogen and oxygen atoms in total. The second kappa shape index (κ2) is 9.23. The highest BCUT2D eigenvalue weighted by molar-refractivity contribution is 6.35. The molecule has 7 heteroatoms. The van der Waals surface area contributed by atoms with Crippen LogP contribution in [0.1, 0.15) is 18.7 Å². The monoisotopic (exact) mass is 370 g/mol. The van der Waals surface area contributed by atoms with Gasteiger partial charge in [-0.2, -0.15) is 0 Å². The van der Waals surface area contributed by atoms with E-state index in [1.165, 1.54) is 5.69 Å². The van der Waals surface area contributed by atoms with Gasteiger partial charge in [0.1, 0.15) is 5.76 Å². The molecular formula is C20H26N4O3. The van der Waals surface area contributed by atoms with E-state index in [1.807, 2.05) is 30.3 Å². The second-order valence-electron chi connectivity index (χ2n) is 6.46. The third kappa shape index (κ3) is 4.89. The van der Waals surface area contributed by atoms with Gasteiger partial charge in [0, 0.05) is 45.0 Å². The van der Waals surface area contributed by atoms with E-state index >= 15 is 0 Å². The van der Waals surface area contributed by atoms with E-state index in [1.54, 1.807) is 13.2 Å². The van der Waals surface area contributed by atoms with Crippen molar-refractivity contribution >= 4 is 17.5 Å². The van der Waals surface area contributed by atoms with E-state index < -0.39 is 11.8 Å². The molecule has 0 aliphatic carbocycles. The number of carbonyl (C=O) groups excluding carboxylic acids is 2. The number of nitrogens with one attached hydrogen (secondary N) is 2. The van der Waals surface area contributed by atoms with Crippen LogP contribution in [-0.2, 0) is 9.59 Å². The molecule has 1 fully saturated rings. The average Bonchev–Trinajstić information content (AvgIpc) is 3.24. The molecule has 1 aromatic heterocycles. The predicted molar refractivity (Wildman–Crippen MR) is 103 cm³/mol. The van der Waals surface area contributed by atoms with Gasteiger partial charge in [0.05, 0.1) is 12.3 Å². The van der Waals surface area contributed by atoms with Gasteiger partial charge in [-0.05, 0) is 31.2 Å². The minimum atomic E-state index is -0.615. The first-order chi connectivity index (χ1) is 13.2. The number of anilines is 1. The Balaban J connectivity index is 1.61. The van der Waals surface area contributed by atoms with Crippen LogP contribution in [0, 0.1) is 0 Å². The lowest BCUT2D eigenvalue weighted by Gasteiger charge is -2.39. The van der Waals surface area contributed by atoms with Crippen LogP contribution >= 0.6 is 0 Å². The Morgan fingerprint density at radius 2 is 1.70 bits per heavy atom. The normalized spacial score (nSPS) is 16.0. The highest BCUT2D eigenvalue weighted by Gasteiger charge is 2.28. The fourth-order valence-corrected chi connectivity index (χ4v) is 3.33. The maximum Gasteiger partial charge on any atom is 0.309 e. The van der Waals surface area contributed by atoms with Gasteiger partial charge in [-0.3, -0.25) is 14.5 Å². The van der Waals surface area contributed by atoms with Crippen molar-refractivity contribution in [2.75, 3.05) is 44.2 Å². The summed E-state index contributed by atoms with van der Waals surface area (Å²) in [5.41, 5.74) is 1.22. The van der Waals surface area contributed by atoms with Crippen LogP contribution in [0.4, 0.5) is 5.69 Å². The minimum Gasteiger partial charge on any atom is -0.468 e. The molecule has 2 aromatic rings. The van der Waals surface area contributed by atoms with E-state index in [0.29, 0.717) is 13.1 Å². The summed E-state index contributed by atoms with van der Waals surface area (Å²) in [7, 11) is 0. The average molecular weight is 370 g/mol. The van der Waals surface area contributed by atoms with Gasteiger partial charge in [0.15, 0.2) is 0 Å². The lowest BCUT2D eigenvalue weighted by molar-refractivity contribution is -0.139. The standard InChI is InChI=1S/C20H26N4O3/c1-2-21-19(25)20(26)22-15-17(18-9-6-14-27-18)24-12-10-23(11-13-24)16-7-4-3-5-8-16/h3-9,14,17H,2,10-13,15H2,1H3,(H,21,25)(H,22,26)/t17-/m1/s1. The van der Waals surface area contributed by atoms with E-state index in [4.69, 9.17) is 4.42 Å². The van der Waals surface area contributed by atoms with E-state index in [2.05, 4.69) is 32.6 Å². The summed E-state index contributed by atoms with van der Waals surface area (Å²) in [5.74, 6) is -0.430. The molecule has 1 saturated heterocycles. The van der Waals surface area contributed by atoms with Crippen LogP contribution < -0.4 is 15.5 Å². The number of amides is 2. The number of para-hydroxylation sites is 1. The molecule has 0 unspecified atom stereocenters. The third-order valence-corrected chi connectivity index (χ3v) is 4.75.